The van der Waals surface area contributed by atoms with Crippen molar-refractivity contribution >= 4 is 10.0 Å². The molecule has 120 valence electrons. The van der Waals surface area contributed by atoms with Gasteiger partial charge in [-0.2, -0.15) is 4.31 Å². The van der Waals surface area contributed by atoms with E-state index in [1.807, 2.05) is 32.4 Å². The fourth-order valence-electron chi connectivity index (χ4n) is 2.47. The van der Waals surface area contributed by atoms with E-state index >= 15 is 0 Å². The van der Waals surface area contributed by atoms with Crippen molar-refractivity contribution in [3.05, 3.63) is 18.0 Å². The van der Waals surface area contributed by atoms with Crippen molar-refractivity contribution < 1.29 is 13.2 Å². The van der Waals surface area contributed by atoms with Crippen LogP contribution in [0.1, 0.15) is 26.5 Å². The number of nitrogens with one attached hydrogen (secondary N) is 1. The van der Waals surface area contributed by atoms with E-state index in [4.69, 9.17) is 4.74 Å². The van der Waals surface area contributed by atoms with Crippen LogP contribution in [-0.4, -0.2) is 49.1 Å². The summed E-state index contributed by atoms with van der Waals surface area (Å²) in [6, 6.07) is 1.75. The first kappa shape index (κ1) is 16.5. The summed E-state index contributed by atoms with van der Waals surface area (Å²) in [5, 5.41) is 3.21. The minimum absolute atomic E-state index is 0.357. The first-order valence-corrected chi connectivity index (χ1v) is 8.70. The highest BCUT2D eigenvalue weighted by Crippen LogP contribution is 2.24. The van der Waals surface area contributed by atoms with Crippen molar-refractivity contribution in [2.75, 3.05) is 26.2 Å². The zero-order chi connectivity index (χ0) is 15.7. The molecule has 0 aromatic carbocycles. The van der Waals surface area contributed by atoms with Gasteiger partial charge in [0.2, 0.25) is 10.0 Å². The van der Waals surface area contributed by atoms with Crippen LogP contribution >= 0.6 is 0 Å². The average molecular weight is 315 g/mol. The molecule has 2 heterocycles. The Bertz CT molecular complexity index is 593. The van der Waals surface area contributed by atoms with Crippen LogP contribution in [0.2, 0.25) is 0 Å². The molecule has 0 saturated carbocycles. The lowest BCUT2D eigenvalue weighted by Crippen LogP contribution is -2.50. The molecule has 1 aliphatic rings. The Hall–Kier alpha value is -0.890. The lowest BCUT2D eigenvalue weighted by Gasteiger charge is -2.37. The molecule has 6 nitrogen and oxygen atoms in total. The number of nitrogens with zero attached hydrogens (tertiary/aromatic N) is 2. The van der Waals surface area contributed by atoms with E-state index in [1.54, 1.807) is 12.3 Å². The number of aromatic nitrogens is 1. The van der Waals surface area contributed by atoms with Crippen LogP contribution in [0.3, 0.4) is 0 Å². The number of aryl methyl sites for hydroxylation is 1. The Morgan fingerprint density at radius 3 is 2.76 bits per heavy atom. The maximum atomic E-state index is 12.8. The first-order chi connectivity index (χ1) is 9.76. The molecule has 1 aromatic heterocycles. The van der Waals surface area contributed by atoms with Gasteiger partial charge in [0.1, 0.15) is 4.90 Å². The van der Waals surface area contributed by atoms with E-state index in [1.165, 1.54) is 4.31 Å². The topological polar surface area (TPSA) is 63.6 Å². The second-order valence-electron chi connectivity index (χ2n) is 6.01. The molecule has 0 amide bonds. The van der Waals surface area contributed by atoms with Gasteiger partial charge in [-0.15, -0.1) is 0 Å². The molecule has 7 heteroatoms. The zero-order valence-electron chi connectivity index (χ0n) is 13.2. The largest absolute Gasteiger partial charge is 0.373 e. The molecule has 1 aliphatic heterocycles. The van der Waals surface area contributed by atoms with Gasteiger partial charge in [-0.1, -0.05) is 6.92 Å². The van der Waals surface area contributed by atoms with Gasteiger partial charge in [0, 0.05) is 38.6 Å². The van der Waals surface area contributed by atoms with Crippen LogP contribution in [0, 0.1) is 0 Å². The van der Waals surface area contributed by atoms with Crippen molar-refractivity contribution in [3.8, 4) is 0 Å². The molecule has 0 spiro atoms. The van der Waals surface area contributed by atoms with Gasteiger partial charge >= 0.3 is 0 Å². The molecule has 0 atom stereocenters. The average Bonchev–Trinajstić information content (AvgIpc) is 2.77. The lowest BCUT2D eigenvalue weighted by molar-refractivity contribution is -0.0640. The number of hydrogen-bond acceptors (Lipinski definition) is 4. The molecule has 1 fully saturated rings. The Balaban J connectivity index is 2.23. The Kier molecular flexibility index (Phi) is 4.77. The summed E-state index contributed by atoms with van der Waals surface area (Å²) < 4.78 is 34.5. The van der Waals surface area contributed by atoms with Crippen molar-refractivity contribution in [1.29, 1.82) is 0 Å². The third kappa shape index (κ3) is 3.66. The predicted octanol–water partition coefficient (Wildman–Crippen LogP) is 0.934. The van der Waals surface area contributed by atoms with E-state index in [0.717, 1.165) is 12.2 Å². The van der Waals surface area contributed by atoms with Crippen LogP contribution in [-0.2, 0) is 28.4 Å². The van der Waals surface area contributed by atoms with Crippen molar-refractivity contribution in [3.63, 3.8) is 0 Å². The van der Waals surface area contributed by atoms with Crippen LogP contribution < -0.4 is 5.32 Å². The van der Waals surface area contributed by atoms with E-state index < -0.39 is 15.6 Å². The number of rotatable bonds is 5. The molecule has 2 rings (SSSR count). The summed E-state index contributed by atoms with van der Waals surface area (Å²) in [5.41, 5.74) is 0.523. The molecule has 1 saturated heterocycles. The summed E-state index contributed by atoms with van der Waals surface area (Å²) in [5.74, 6) is 0. The van der Waals surface area contributed by atoms with Crippen LogP contribution in [0.4, 0.5) is 0 Å². The number of morpholine rings is 1. The zero-order valence-corrected chi connectivity index (χ0v) is 14.0. The Morgan fingerprint density at radius 1 is 1.43 bits per heavy atom. The highest BCUT2D eigenvalue weighted by atomic mass is 32.2. The number of hydrogen-bond donors (Lipinski definition) is 1. The van der Waals surface area contributed by atoms with Crippen molar-refractivity contribution in [1.82, 2.24) is 14.2 Å². The quantitative estimate of drug-likeness (QED) is 0.878. The van der Waals surface area contributed by atoms with Gasteiger partial charge in [-0.05, 0) is 26.5 Å². The SMILES string of the molecule is CCNCc1cc(S(=O)(=O)N2CCOC(C)(C)C2)cn1C. The van der Waals surface area contributed by atoms with E-state index in [9.17, 15) is 8.42 Å². The standard InChI is InChI=1S/C14H25N3O3S/c1-5-15-9-12-8-13(10-16(12)4)21(18,19)17-6-7-20-14(2,3)11-17/h8,10,15H,5-7,9,11H2,1-4H3. The van der Waals surface area contributed by atoms with E-state index in [0.29, 0.717) is 31.1 Å². The number of ether oxygens (including phenoxy) is 1. The number of sulfonamides is 1. The van der Waals surface area contributed by atoms with E-state index in [2.05, 4.69) is 5.32 Å². The van der Waals surface area contributed by atoms with Gasteiger partial charge in [0.15, 0.2) is 0 Å². The van der Waals surface area contributed by atoms with Gasteiger partial charge in [-0.25, -0.2) is 8.42 Å². The molecule has 0 radical (unpaired) electrons. The van der Waals surface area contributed by atoms with Crippen LogP contribution in [0.25, 0.3) is 0 Å². The first-order valence-electron chi connectivity index (χ1n) is 7.26. The van der Waals surface area contributed by atoms with Gasteiger partial charge in [0.25, 0.3) is 0 Å². The van der Waals surface area contributed by atoms with Crippen molar-refractivity contribution in [2.45, 2.75) is 37.8 Å². The minimum Gasteiger partial charge on any atom is -0.373 e. The smallest absolute Gasteiger partial charge is 0.244 e. The highest BCUT2D eigenvalue weighted by Gasteiger charge is 2.35. The highest BCUT2D eigenvalue weighted by molar-refractivity contribution is 7.89. The van der Waals surface area contributed by atoms with Crippen LogP contribution in [0.15, 0.2) is 17.2 Å². The fourth-order valence-corrected chi connectivity index (χ4v) is 4.14. The monoisotopic (exact) mass is 315 g/mol. The van der Waals surface area contributed by atoms with Crippen molar-refractivity contribution in [2.24, 2.45) is 7.05 Å². The van der Waals surface area contributed by atoms with E-state index in [-0.39, 0.29) is 0 Å². The second kappa shape index (κ2) is 6.08. The van der Waals surface area contributed by atoms with Gasteiger partial charge in [-0.3, -0.25) is 0 Å². The third-order valence-corrected chi connectivity index (χ3v) is 5.48. The molecule has 0 unspecified atom stereocenters. The maximum absolute atomic E-state index is 12.8. The minimum atomic E-state index is -3.46. The summed E-state index contributed by atoms with van der Waals surface area (Å²) in [7, 11) is -1.59. The Morgan fingerprint density at radius 2 is 2.14 bits per heavy atom. The molecular formula is C14H25N3O3S. The summed E-state index contributed by atoms with van der Waals surface area (Å²) in [6.45, 7) is 8.59. The summed E-state index contributed by atoms with van der Waals surface area (Å²) >= 11 is 0. The molecule has 1 N–H and O–H groups in total. The lowest BCUT2D eigenvalue weighted by atomic mass is 10.1. The molecule has 1 aromatic rings. The van der Waals surface area contributed by atoms with Gasteiger partial charge in [0.05, 0.1) is 12.2 Å². The molecule has 0 aliphatic carbocycles. The predicted molar refractivity (Wildman–Crippen MR) is 81.6 cm³/mol. The summed E-state index contributed by atoms with van der Waals surface area (Å²) in [6.07, 6.45) is 1.68. The Labute approximate surface area is 127 Å². The normalized spacial score (nSPS) is 19.8. The molecule has 0 bridgehead atoms. The van der Waals surface area contributed by atoms with Crippen LogP contribution in [0.5, 0.6) is 0 Å². The molecule has 21 heavy (non-hydrogen) atoms. The second-order valence-corrected chi connectivity index (χ2v) is 7.94. The fraction of sp³-hybridized carbons (Fsp3) is 0.714. The van der Waals surface area contributed by atoms with Gasteiger partial charge < -0.3 is 14.6 Å². The maximum Gasteiger partial charge on any atom is 0.244 e. The third-order valence-electron chi connectivity index (χ3n) is 3.67. The summed E-state index contributed by atoms with van der Waals surface area (Å²) in [4.78, 5) is 0.357. The molecular weight excluding hydrogens is 290 g/mol.